The number of hydrazine groups is 1. The van der Waals surface area contributed by atoms with Crippen molar-refractivity contribution in [3.8, 4) is 0 Å². The molecular weight excluding hydrogens is 327 g/mol. The van der Waals surface area contributed by atoms with Crippen LogP contribution in [-0.2, 0) is 9.59 Å². The number of aliphatic carboxylic acids is 1. The molecule has 2 aliphatic heterocycles. The van der Waals surface area contributed by atoms with Crippen molar-refractivity contribution in [1.29, 1.82) is 0 Å². The minimum absolute atomic E-state index is 0.0591. The van der Waals surface area contributed by atoms with Gasteiger partial charge in [0.25, 0.3) is 5.91 Å². The zero-order chi connectivity index (χ0) is 18.1. The van der Waals surface area contributed by atoms with Gasteiger partial charge in [-0.1, -0.05) is 13.8 Å². The van der Waals surface area contributed by atoms with Crippen LogP contribution in [-0.4, -0.2) is 53.3 Å². The highest BCUT2D eigenvalue weighted by molar-refractivity contribution is 5.82. The summed E-state index contributed by atoms with van der Waals surface area (Å²) in [5.74, 6) is -1.80. The van der Waals surface area contributed by atoms with Crippen molar-refractivity contribution >= 4 is 11.9 Å². The Balaban J connectivity index is 0.000000256. The Kier molecular flexibility index (Phi) is 5.44. The highest BCUT2D eigenvalue weighted by atomic mass is 19.4. The molecule has 1 amide bonds. The smallest absolute Gasteiger partial charge is 0.475 e. The summed E-state index contributed by atoms with van der Waals surface area (Å²) in [7, 11) is 0. The van der Waals surface area contributed by atoms with Gasteiger partial charge in [-0.3, -0.25) is 10.2 Å². The third kappa shape index (κ3) is 5.34. The van der Waals surface area contributed by atoms with Crippen LogP contribution < -0.4 is 10.7 Å². The van der Waals surface area contributed by atoms with Crippen LogP contribution in [0.25, 0.3) is 0 Å². The Morgan fingerprint density at radius 3 is 2.38 bits per heavy atom. The summed E-state index contributed by atoms with van der Waals surface area (Å²) in [4.78, 5) is 21.0. The van der Waals surface area contributed by atoms with Gasteiger partial charge in [0, 0.05) is 19.1 Å². The fourth-order valence-electron chi connectivity index (χ4n) is 3.28. The van der Waals surface area contributed by atoms with E-state index in [2.05, 4.69) is 29.6 Å². The second-order valence-corrected chi connectivity index (χ2v) is 7.53. The van der Waals surface area contributed by atoms with Gasteiger partial charge in [-0.05, 0) is 37.0 Å². The molecule has 0 aromatic rings. The number of carbonyl (C=O) groups is 2. The lowest BCUT2D eigenvalue weighted by atomic mass is 9.85. The highest BCUT2D eigenvalue weighted by Gasteiger charge is 2.48. The number of alkyl halides is 3. The first kappa shape index (κ1) is 19.0. The molecule has 9 heteroatoms. The molecule has 0 spiro atoms. The van der Waals surface area contributed by atoms with Gasteiger partial charge < -0.3 is 10.4 Å². The average molecular weight is 351 g/mol. The third-order valence-electron chi connectivity index (χ3n) is 4.60. The molecule has 0 bridgehead atoms. The lowest BCUT2D eigenvalue weighted by Crippen LogP contribution is -2.54. The van der Waals surface area contributed by atoms with E-state index in [-0.39, 0.29) is 11.9 Å². The number of rotatable bonds is 2. The van der Waals surface area contributed by atoms with Crippen molar-refractivity contribution in [2.24, 2.45) is 11.3 Å². The van der Waals surface area contributed by atoms with Gasteiger partial charge in [0.1, 0.15) is 0 Å². The van der Waals surface area contributed by atoms with Crippen LogP contribution in [0.15, 0.2) is 0 Å². The first-order chi connectivity index (χ1) is 11.0. The summed E-state index contributed by atoms with van der Waals surface area (Å²) in [6.45, 7) is 6.51. The van der Waals surface area contributed by atoms with Gasteiger partial charge in [0.2, 0.25) is 0 Å². The van der Waals surface area contributed by atoms with Gasteiger partial charge >= 0.3 is 12.1 Å². The highest BCUT2D eigenvalue weighted by Crippen LogP contribution is 2.40. The lowest BCUT2D eigenvalue weighted by Gasteiger charge is -2.38. The second kappa shape index (κ2) is 6.87. The van der Waals surface area contributed by atoms with Gasteiger partial charge in [-0.15, -0.1) is 0 Å². The number of amides is 1. The molecule has 24 heavy (non-hydrogen) atoms. The molecule has 0 radical (unpaired) electrons. The average Bonchev–Trinajstić information content (AvgIpc) is 3.03. The molecule has 138 valence electrons. The second-order valence-electron chi connectivity index (χ2n) is 7.53. The standard InChI is InChI=1S/C13H23N3O.C2HF3O2/c1-13(2)4-3-5-16(8-13)15-12(17)11-7-9-6-10(9)14-11;3-2(4,5)1(6)7/h9-11,14H,3-8H2,1-2H3,(H,15,17);(H,6,7)/t9-,10-,11+;/m1./s1. The quantitative estimate of drug-likeness (QED) is 0.703. The Labute approximate surface area is 138 Å². The molecule has 2 heterocycles. The molecule has 6 nitrogen and oxygen atoms in total. The van der Waals surface area contributed by atoms with Gasteiger partial charge in [-0.25, -0.2) is 9.80 Å². The maximum atomic E-state index is 12.1. The molecule has 0 unspecified atom stereocenters. The molecular formula is C15H24F3N3O3. The first-order valence-corrected chi connectivity index (χ1v) is 8.09. The van der Waals surface area contributed by atoms with Crippen LogP contribution in [0.2, 0.25) is 0 Å². The number of hydrogen-bond donors (Lipinski definition) is 3. The predicted octanol–water partition coefficient (Wildman–Crippen LogP) is 1.52. The van der Waals surface area contributed by atoms with Crippen molar-refractivity contribution < 1.29 is 27.9 Å². The fraction of sp³-hybridized carbons (Fsp3) is 0.867. The number of carbonyl (C=O) groups excluding carboxylic acids is 1. The fourth-order valence-corrected chi connectivity index (χ4v) is 3.28. The maximum absolute atomic E-state index is 12.1. The number of hydrogen-bond acceptors (Lipinski definition) is 4. The van der Waals surface area contributed by atoms with Crippen molar-refractivity contribution in [3.05, 3.63) is 0 Å². The third-order valence-corrected chi connectivity index (χ3v) is 4.60. The normalized spacial score (nSPS) is 31.5. The van der Waals surface area contributed by atoms with E-state index in [0.717, 1.165) is 25.4 Å². The monoisotopic (exact) mass is 351 g/mol. The minimum atomic E-state index is -5.08. The van der Waals surface area contributed by atoms with Crippen LogP contribution >= 0.6 is 0 Å². The molecule has 3 aliphatic rings. The number of halogens is 3. The predicted molar refractivity (Wildman–Crippen MR) is 79.9 cm³/mol. The van der Waals surface area contributed by atoms with Crippen molar-refractivity contribution in [1.82, 2.24) is 15.8 Å². The van der Waals surface area contributed by atoms with E-state index in [1.54, 1.807) is 0 Å². The number of fused-ring (bicyclic) bond motifs is 1. The van der Waals surface area contributed by atoms with E-state index >= 15 is 0 Å². The topological polar surface area (TPSA) is 81.7 Å². The van der Waals surface area contributed by atoms with Crippen molar-refractivity contribution in [3.63, 3.8) is 0 Å². The van der Waals surface area contributed by atoms with Crippen LogP contribution in [0, 0.1) is 11.3 Å². The Morgan fingerprint density at radius 2 is 1.92 bits per heavy atom. The summed E-state index contributed by atoms with van der Waals surface area (Å²) >= 11 is 0. The number of piperidine rings is 2. The molecule has 0 aromatic carbocycles. The summed E-state index contributed by atoms with van der Waals surface area (Å²) in [6.07, 6.45) is -0.337. The summed E-state index contributed by atoms with van der Waals surface area (Å²) < 4.78 is 31.7. The number of carboxylic acid groups (broad SMARTS) is 1. The number of nitrogens with zero attached hydrogens (tertiary/aromatic N) is 1. The zero-order valence-electron chi connectivity index (χ0n) is 13.8. The molecule has 3 atom stereocenters. The minimum Gasteiger partial charge on any atom is -0.475 e. The van der Waals surface area contributed by atoms with Crippen molar-refractivity contribution in [2.75, 3.05) is 13.1 Å². The van der Waals surface area contributed by atoms with E-state index in [1.165, 1.54) is 19.3 Å². The van der Waals surface area contributed by atoms with Crippen molar-refractivity contribution in [2.45, 2.75) is 57.8 Å². The molecule has 1 aliphatic carbocycles. The van der Waals surface area contributed by atoms with Gasteiger partial charge in [0.05, 0.1) is 6.04 Å². The number of nitrogens with one attached hydrogen (secondary N) is 2. The molecule has 3 N–H and O–H groups in total. The summed E-state index contributed by atoms with van der Waals surface area (Å²) in [5, 5.41) is 12.6. The van der Waals surface area contributed by atoms with E-state index in [9.17, 15) is 18.0 Å². The first-order valence-electron chi connectivity index (χ1n) is 8.09. The van der Waals surface area contributed by atoms with Crippen LogP contribution in [0.5, 0.6) is 0 Å². The van der Waals surface area contributed by atoms with E-state index in [1.807, 2.05) is 0 Å². The van der Waals surface area contributed by atoms with E-state index < -0.39 is 12.1 Å². The SMILES string of the molecule is CC1(C)CCCN(NC(=O)[C@@H]2C[C@H]3C[C@H]3N2)C1.O=C(O)C(F)(F)F. The summed E-state index contributed by atoms with van der Waals surface area (Å²) in [6, 6.07) is 0.701. The molecule has 3 rings (SSSR count). The largest absolute Gasteiger partial charge is 0.490 e. The van der Waals surface area contributed by atoms with Crippen LogP contribution in [0.3, 0.4) is 0 Å². The van der Waals surface area contributed by atoms with Gasteiger partial charge in [0.15, 0.2) is 0 Å². The van der Waals surface area contributed by atoms with Crippen LogP contribution in [0.4, 0.5) is 13.2 Å². The maximum Gasteiger partial charge on any atom is 0.490 e. The lowest BCUT2D eigenvalue weighted by molar-refractivity contribution is -0.192. The molecule has 3 fully saturated rings. The Bertz CT molecular complexity index is 486. The van der Waals surface area contributed by atoms with E-state index in [4.69, 9.17) is 9.90 Å². The molecule has 1 saturated carbocycles. The number of carboxylic acids is 1. The molecule has 2 saturated heterocycles. The Morgan fingerprint density at radius 1 is 1.29 bits per heavy atom. The van der Waals surface area contributed by atoms with Crippen LogP contribution in [0.1, 0.15) is 39.5 Å². The Hall–Kier alpha value is -1.35. The summed E-state index contributed by atoms with van der Waals surface area (Å²) in [5.41, 5.74) is 3.42. The zero-order valence-corrected chi connectivity index (χ0v) is 13.8. The molecule has 0 aromatic heterocycles. The van der Waals surface area contributed by atoms with E-state index in [0.29, 0.717) is 11.5 Å². The van der Waals surface area contributed by atoms with Gasteiger partial charge in [-0.2, -0.15) is 13.2 Å².